The van der Waals surface area contributed by atoms with Gasteiger partial charge < -0.3 is 9.52 Å². The van der Waals surface area contributed by atoms with Gasteiger partial charge >= 0.3 is 0 Å². The Morgan fingerprint density at radius 2 is 2.46 bits per heavy atom. The van der Waals surface area contributed by atoms with E-state index in [1.807, 2.05) is 11.4 Å². The molecule has 2 aromatic rings. The Labute approximate surface area is 79.7 Å². The molecule has 4 heteroatoms. The summed E-state index contributed by atoms with van der Waals surface area (Å²) in [6, 6.07) is 1.88. The van der Waals surface area contributed by atoms with Crippen molar-refractivity contribution in [2.45, 2.75) is 6.42 Å². The lowest BCUT2D eigenvalue weighted by Gasteiger charge is -1.88. The number of hydrogen-bond donors (Lipinski definition) is 1. The third kappa shape index (κ3) is 1.79. The van der Waals surface area contributed by atoms with Crippen molar-refractivity contribution in [1.82, 2.24) is 4.98 Å². The van der Waals surface area contributed by atoms with Crippen LogP contribution in [0.3, 0.4) is 0 Å². The molecule has 2 heterocycles. The molecule has 0 aromatic carbocycles. The van der Waals surface area contributed by atoms with E-state index in [2.05, 4.69) is 4.98 Å². The molecule has 0 atom stereocenters. The lowest BCUT2D eigenvalue weighted by atomic mass is 10.3. The molecule has 68 valence electrons. The number of hydrogen-bond acceptors (Lipinski definition) is 4. The summed E-state index contributed by atoms with van der Waals surface area (Å²) in [5.41, 5.74) is 1.93. The maximum Gasteiger partial charge on any atom is 0.126 e. The Balaban J connectivity index is 2.23. The molecule has 0 spiro atoms. The molecule has 0 unspecified atom stereocenters. The molecule has 0 radical (unpaired) electrons. The SMILES string of the molecule is OCCc1csc(-c2ccoc2)n1. The van der Waals surface area contributed by atoms with Gasteiger partial charge in [0.1, 0.15) is 11.3 Å². The zero-order valence-electron chi connectivity index (χ0n) is 6.93. The second kappa shape index (κ2) is 3.72. The Kier molecular flexibility index (Phi) is 2.42. The van der Waals surface area contributed by atoms with Gasteiger partial charge in [0.15, 0.2) is 0 Å². The molecular weight excluding hydrogens is 186 g/mol. The molecule has 0 bridgehead atoms. The Hall–Kier alpha value is -1.13. The van der Waals surface area contributed by atoms with E-state index in [9.17, 15) is 0 Å². The normalized spacial score (nSPS) is 10.5. The van der Waals surface area contributed by atoms with Gasteiger partial charge in [0.25, 0.3) is 0 Å². The van der Waals surface area contributed by atoms with Gasteiger partial charge in [0, 0.05) is 24.0 Å². The number of aromatic nitrogens is 1. The molecular formula is C9H9NO2S. The van der Waals surface area contributed by atoms with E-state index in [-0.39, 0.29) is 6.61 Å². The van der Waals surface area contributed by atoms with Gasteiger partial charge in [0.05, 0.1) is 12.0 Å². The first-order valence-electron chi connectivity index (χ1n) is 3.98. The van der Waals surface area contributed by atoms with Crippen molar-refractivity contribution in [3.05, 3.63) is 29.7 Å². The fourth-order valence-electron chi connectivity index (χ4n) is 1.06. The maximum absolute atomic E-state index is 8.71. The summed E-state index contributed by atoms with van der Waals surface area (Å²) in [7, 11) is 0. The minimum absolute atomic E-state index is 0.147. The van der Waals surface area contributed by atoms with E-state index in [1.54, 1.807) is 23.9 Å². The minimum atomic E-state index is 0.147. The highest BCUT2D eigenvalue weighted by atomic mass is 32.1. The van der Waals surface area contributed by atoms with Gasteiger partial charge in [-0.1, -0.05) is 0 Å². The van der Waals surface area contributed by atoms with Crippen LogP contribution in [0.4, 0.5) is 0 Å². The molecule has 0 saturated heterocycles. The predicted octanol–water partition coefficient (Wildman–Crippen LogP) is 1.94. The van der Waals surface area contributed by atoms with E-state index < -0.39 is 0 Å². The first-order chi connectivity index (χ1) is 6.40. The summed E-state index contributed by atoms with van der Waals surface area (Å²) in [6.45, 7) is 0.147. The van der Waals surface area contributed by atoms with Crippen LogP contribution >= 0.6 is 11.3 Å². The van der Waals surface area contributed by atoms with Crippen LogP contribution < -0.4 is 0 Å². The van der Waals surface area contributed by atoms with Gasteiger partial charge in [-0.3, -0.25) is 0 Å². The van der Waals surface area contributed by atoms with Crippen molar-refractivity contribution < 1.29 is 9.52 Å². The highest BCUT2D eigenvalue weighted by Crippen LogP contribution is 2.23. The van der Waals surface area contributed by atoms with Crippen LogP contribution in [-0.2, 0) is 6.42 Å². The van der Waals surface area contributed by atoms with Gasteiger partial charge in [-0.05, 0) is 6.07 Å². The van der Waals surface area contributed by atoms with Gasteiger partial charge in [0.2, 0.25) is 0 Å². The highest BCUT2D eigenvalue weighted by Gasteiger charge is 2.04. The molecule has 2 aromatic heterocycles. The van der Waals surface area contributed by atoms with Crippen LogP contribution in [0, 0.1) is 0 Å². The van der Waals surface area contributed by atoms with E-state index in [0.29, 0.717) is 6.42 Å². The predicted molar refractivity (Wildman–Crippen MR) is 50.6 cm³/mol. The van der Waals surface area contributed by atoms with Crippen LogP contribution in [0.15, 0.2) is 28.4 Å². The lowest BCUT2D eigenvalue weighted by Crippen LogP contribution is -1.89. The topological polar surface area (TPSA) is 46.3 Å². The average Bonchev–Trinajstić information content (AvgIpc) is 2.70. The quantitative estimate of drug-likeness (QED) is 0.814. The highest BCUT2D eigenvalue weighted by molar-refractivity contribution is 7.13. The van der Waals surface area contributed by atoms with E-state index in [1.165, 1.54) is 0 Å². The second-order valence-corrected chi connectivity index (χ2v) is 3.49. The molecule has 2 rings (SSSR count). The molecule has 1 N–H and O–H groups in total. The number of aliphatic hydroxyl groups excluding tert-OH is 1. The third-order valence-electron chi connectivity index (χ3n) is 1.69. The standard InChI is InChI=1S/C9H9NO2S/c11-3-1-8-6-13-9(10-8)7-2-4-12-5-7/h2,4-6,11H,1,3H2. The van der Waals surface area contributed by atoms with Crippen LogP contribution in [0.5, 0.6) is 0 Å². The Morgan fingerprint density at radius 3 is 3.15 bits per heavy atom. The molecule has 0 saturated carbocycles. The third-order valence-corrected chi connectivity index (χ3v) is 2.63. The summed E-state index contributed by atoms with van der Waals surface area (Å²) in [6.07, 6.45) is 3.92. The van der Waals surface area contributed by atoms with Crippen LogP contribution in [0.1, 0.15) is 5.69 Å². The summed E-state index contributed by atoms with van der Waals surface area (Å²) >= 11 is 1.56. The Bertz CT molecular complexity index is 367. The fourth-order valence-corrected chi connectivity index (χ4v) is 1.90. The molecule has 0 aliphatic rings. The fraction of sp³-hybridized carbons (Fsp3) is 0.222. The van der Waals surface area contributed by atoms with Gasteiger partial charge in [-0.25, -0.2) is 4.98 Å². The van der Waals surface area contributed by atoms with Crippen molar-refractivity contribution >= 4 is 11.3 Å². The smallest absolute Gasteiger partial charge is 0.126 e. The van der Waals surface area contributed by atoms with Crippen molar-refractivity contribution in [2.75, 3.05) is 6.61 Å². The summed E-state index contributed by atoms with van der Waals surface area (Å²) in [5.74, 6) is 0. The summed E-state index contributed by atoms with van der Waals surface area (Å²) < 4.78 is 4.96. The summed E-state index contributed by atoms with van der Waals surface area (Å²) in [4.78, 5) is 4.34. The van der Waals surface area contributed by atoms with Crippen molar-refractivity contribution in [1.29, 1.82) is 0 Å². The molecule has 13 heavy (non-hydrogen) atoms. The van der Waals surface area contributed by atoms with Crippen molar-refractivity contribution in [3.63, 3.8) is 0 Å². The van der Waals surface area contributed by atoms with Gasteiger partial charge in [-0.15, -0.1) is 11.3 Å². The monoisotopic (exact) mass is 195 g/mol. The molecule has 3 nitrogen and oxygen atoms in total. The molecule has 0 fully saturated rings. The number of rotatable bonds is 3. The van der Waals surface area contributed by atoms with E-state index in [0.717, 1.165) is 16.3 Å². The zero-order chi connectivity index (χ0) is 9.10. The first-order valence-corrected chi connectivity index (χ1v) is 4.86. The van der Waals surface area contributed by atoms with Crippen LogP contribution in [-0.4, -0.2) is 16.7 Å². The zero-order valence-corrected chi connectivity index (χ0v) is 7.75. The molecule has 0 aliphatic carbocycles. The number of thiazole rings is 1. The van der Waals surface area contributed by atoms with E-state index >= 15 is 0 Å². The van der Waals surface area contributed by atoms with Crippen molar-refractivity contribution in [3.8, 4) is 10.6 Å². The first kappa shape index (κ1) is 8.47. The maximum atomic E-state index is 8.71. The molecule has 0 aliphatic heterocycles. The average molecular weight is 195 g/mol. The van der Waals surface area contributed by atoms with Crippen LogP contribution in [0.2, 0.25) is 0 Å². The van der Waals surface area contributed by atoms with E-state index in [4.69, 9.17) is 9.52 Å². The largest absolute Gasteiger partial charge is 0.472 e. The number of furan rings is 1. The number of aliphatic hydroxyl groups is 1. The van der Waals surface area contributed by atoms with Gasteiger partial charge in [-0.2, -0.15) is 0 Å². The van der Waals surface area contributed by atoms with Crippen LogP contribution in [0.25, 0.3) is 10.6 Å². The Morgan fingerprint density at radius 1 is 1.54 bits per heavy atom. The minimum Gasteiger partial charge on any atom is -0.472 e. The molecule has 0 amide bonds. The number of nitrogens with zero attached hydrogens (tertiary/aromatic N) is 1. The summed E-state index contributed by atoms with van der Waals surface area (Å²) in [5, 5.41) is 11.6. The van der Waals surface area contributed by atoms with Crippen molar-refractivity contribution in [2.24, 2.45) is 0 Å². The second-order valence-electron chi connectivity index (χ2n) is 2.63. The lowest BCUT2D eigenvalue weighted by molar-refractivity contribution is 0.298.